The van der Waals surface area contributed by atoms with Crippen molar-refractivity contribution < 1.29 is 13.2 Å². The fraction of sp³-hybridized carbons (Fsp3) is 0.273. The number of nitriles is 1. The van der Waals surface area contributed by atoms with Crippen LogP contribution in [0.25, 0.3) is 0 Å². The number of alkyl halides is 3. The van der Waals surface area contributed by atoms with Crippen LogP contribution in [0, 0.1) is 18.3 Å². The minimum atomic E-state index is -4.49. The highest BCUT2D eigenvalue weighted by atomic mass is 19.4. The Hall–Kier alpha value is -1.50. The van der Waals surface area contributed by atoms with Gasteiger partial charge >= 0.3 is 6.18 Å². The van der Waals surface area contributed by atoms with Crippen molar-refractivity contribution in [3.8, 4) is 6.07 Å². The van der Waals surface area contributed by atoms with Crippen molar-refractivity contribution >= 4 is 0 Å². The molecule has 0 aliphatic heterocycles. The average Bonchev–Trinajstić information content (AvgIpc) is 2.15. The van der Waals surface area contributed by atoms with Gasteiger partial charge in [0.2, 0.25) is 0 Å². The van der Waals surface area contributed by atoms with Gasteiger partial charge in [0.15, 0.2) is 0 Å². The Balaban J connectivity index is 3.34. The summed E-state index contributed by atoms with van der Waals surface area (Å²) < 4.78 is 37.5. The van der Waals surface area contributed by atoms with Crippen molar-refractivity contribution in [2.45, 2.75) is 19.0 Å². The van der Waals surface area contributed by atoms with Crippen molar-refractivity contribution in [3.05, 3.63) is 41.8 Å². The zero-order chi connectivity index (χ0) is 11.6. The topological polar surface area (TPSA) is 23.8 Å². The number of hydrogen-bond donors (Lipinski definition) is 0. The molecule has 1 atom stereocenters. The highest BCUT2D eigenvalue weighted by Gasteiger charge is 2.33. The summed E-state index contributed by atoms with van der Waals surface area (Å²) >= 11 is 0. The molecule has 1 unspecified atom stereocenters. The zero-order valence-corrected chi connectivity index (χ0v) is 8.10. The molecule has 1 radical (unpaired) electrons. The fourth-order valence-corrected chi connectivity index (χ4v) is 1.20. The van der Waals surface area contributed by atoms with Crippen LogP contribution in [0.1, 0.15) is 29.5 Å². The van der Waals surface area contributed by atoms with E-state index in [1.807, 2.05) is 0 Å². The van der Waals surface area contributed by atoms with Crippen molar-refractivity contribution in [1.82, 2.24) is 0 Å². The first-order valence-electron chi connectivity index (χ1n) is 4.30. The van der Waals surface area contributed by atoms with E-state index in [0.29, 0.717) is 5.56 Å². The lowest BCUT2D eigenvalue weighted by Gasteiger charge is -2.12. The summed E-state index contributed by atoms with van der Waals surface area (Å²) in [6, 6.07) is 5.18. The van der Waals surface area contributed by atoms with Crippen LogP contribution in [0.4, 0.5) is 13.2 Å². The van der Waals surface area contributed by atoms with Crippen LogP contribution in [0.15, 0.2) is 18.2 Å². The second kappa shape index (κ2) is 3.93. The van der Waals surface area contributed by atoms with Crippen LogP contribution in [0.3, 0.4) is 0 Å². The minimum absolute atomic E-state index is 0.237. The van der Waals surface area contributed by atoms with E-state index in [1.54, 1.807) is 6.92 Å². The molecule has 0 aliphatic carbocycles. The fourth-order valence-electron chi connectivity index (χ4n) is 1.20. The Kier molecular flexibility index (Phi) is 3.04. The van der Waals surface area contributed by atoms with Crippen LogP contribution in [-0.2, 0) is 6.18 Å². The standard InChI is InChI=1S/C11H9F3N/c1-7(2)8-3-4-9(6-15)10(5-8)11(12,13)14/h3-5,7H,1H2,2H3. The first-order chi connectivity index (χ1) is 6.86. The predicted octanol–water partition coefficient (Wildman–Crippen LogP) is 3.51. The molecule has 0 bridgehead atoms. The Morgan fingerprint density at radius 2 is 2.00 bits per heavy atom. The Labute approximate surface area is 86.1 Å². The highest BCUT2D eigenvalue weighted by Crippen LogP contribution is 2.33. The number of rotatable bonds is 1. The smallest absolute Gasteiger partial charge is 0.192 e. The van der Waals surface area contributed by atoms with Gasteiger partial charge in [-0.1, -0.05) is 13.0 Å². The molecule has 15 heavy (non-hydrogen) atoms. The average molecular weight is 212 g/mol. The van der Waals surface area contributed by atoms with Crippen molar-refractivity contribution in [1.29, 1.82) is 5.26 Å². The third-order valence-electron chi connectivity index (χ3n) is 2.04. The van der Waals surface area contributed by atoms with Gasteiger partial charge in [0.25, 0.3) is 0 Å². The maximum absolute atomic E-state index is 12.5. The van der Waals surface area contributed by atoms with Crippen LogP contribution in [0.2, 0.25) is 0 Å². The molecule has 0 amide bonds. The Morgan fingerprint density at radius 1 is 1.40 bits per heavy atom. The highest BCUT2D eigenvalue weighted by molar-refractivity contribution is 5.43. The maximum atomic E-state index is 12.5. The molecule has 0 aromatic heterocycles. The molecule has 4 heteroatoms. The van der Waals surface area contributed by atoms with Crippen molar-refractivity contribution in [2.24, 2.45) is 0 Å². The molecule has 0 aliphatic rings. The van der Waals surface area contributed by atoms with Gasteiger partial charge in [-0.05, 0) is 30.5 Å². The Bertz CT molecular complexity index is 399. The van der Waals surface area contributed by atoms with Crippen molar-refractivity contribution in [2.75, 3.05) is 0 Å². The van der Waals surface area contributed by atoms with Gasteiger partial charge in [-0.2, -0.15) is 18.4 Å². The largest absolute Gasteiger partial charge is 0.417 e. The maximum Gasteiger partial charge on any atom is 0.417 e. The van der Waals surface area contributed by atoms with E-state index in [1.165, 1.54) is 18.2 Å². The van der Waals surface area contributed by atoms with Gasteiger partial charge in [0.1, 0.15) is 0 Å². The van der Waals surface area contributed by atoms with Gasteiger partial charge in [-0.3, -0.25) is 0 Å². The molecular weight excluding hydrogens is 203 g/mol. The molecule has 0 saturated heterocycles. The summed E-state index contributed by atoms with van der Waals surface area (Å²) in [5.74, 6) is -0.237. The first kappa shape index (κ1) is 11.6. The van der Waals surface area contributed by atoms with E-state index >= 15 is 0 Å². The summed E-state index contributed by atoms with van der Waals surface area (Å²) in [6.07, 6.45) is -4.49. The van der Waals surface area contributed by atoms with E-state index in [4.69, 9.17) is 5.26 Å². The van der Waals surface area contributed by atoms with Crippen LogP contribution < -0.4 is 0 Å². The summed E-state index contributed by atoms with van der Waals surface area (Å²) in [7, 11) is 0. The molecule has 1 aromatic rings. The number of hydrogen-bond acceptors (Lipinski definition) is 1. The second-order valence-corrected chi connectivity index (χ2v) is 3.32. The summed E-state index contributed by atoms with van der Waals surface area (Å²) in [4.78, 5) is 0. The molecule has 0 spiro atoms. The lowest BCUT2D eigenvalue weighted by atomic mass is 9.97. The van der Waals surface area contributed by atoms with E-state index in [0.717, 1.165) is 6.07 Å². The van der Waals surface area contributed by atoms with Crippen LogP contribution in [-0.4, -0.2) is 0 Å². The third kappa shape index (κ3) is 2.50. The molecule has 1 aromatic carbocycles. The molecule has 0 fully saturated rings. The van der Waals surface area contributed by atoms with Crippen LogP contribution >= 0.6 is 0 Å². The quantitative estimate of drug-likeness (QED) is 0.698. The SMILES string of the molecule is [CH2]C(C)c1ccc(C#N)c(C(F)(F)F)c1. The minimum Gasteiger partial charge on any atom is -0.192 e. The van der Waals surface area contributed by atoms with Gasteiger partial charge < -0.3 is 0 Å². The van der Waals surface area contributed by atoms with E-state index in [-0.39, 0.29) is 11.5 Å². The van der Waals surface area contributed by atoms with E-state index in [2.05, 4.69) is 6.92 Å². The molecule has 0 saturated carbocycles. The number of nitrogens with zero attached hydrogens (tertiary/aromatic N) is 1. The summed E-state index contributed by atoms with van der Waals surface area (Å²) in [5, 5.41) is 8.55. The molecule has 1 nitrogen and oxygen atoms in total. The van der Waals surface area contributed by atoms with Crippen molar-refractivity contribution in [3.63, 3.8) is 0 Å². The first-order valence-corrected chi connectivity index (χ1v) is 4.30. The molecule has 79 valence electrons. The van der Waals surface area contributed by atoms with Gasteiger partial charge in [-0.15, -0.1) is 0 Å². The normalized spacial score (nSPS) is 11.5. The lowest BCUT2D eigenvalue weighted by molar-refractivity contribution is -0.137. The van der Waals surface area contributed by atoms with Crippen LogP contribution in [0.5, 0.6) is 0 Å². The number of benzene rings is 1. The van der Waals surface area contributed by atoms with Gasteiger partial charge in [-0.25, -0.2) is 0 Å². The molecule has 0 heterocycles. The van der Waals surface area contributed by atoms with E-state index in [9.17, 15) is 13.2 Å². The van der Waals surface area contributed by atoms with E-state index < -0.39 is 11.7 Å². The predicted molar refractivity (Wildman–Crippen MR) is 49.9 cm³/mol. The summed E-state index contributed by atoms with van der Waals surface area (Å²) in [6.45, 7) is 5.33. The lowest BCUT2D eigenvalue weighted by Crippen LogP contribution is -2.08. The Morgan fingerprint density at radius 3 is 2.40 bits per heavy atom. The van der Waals surface area contributed by atoms with Gasteiger partial charge in [0, 0.05) is 0 Å². The third-order valence-corrected chi connectivity index (χ3v) is 2.04. The number of halogens is 3. The summed E-state index contributed by atoms with van der Waals surface area (Å²) in [5.41, 5.74) is -0.772. The monoisotopic (exact) mass is 212 g/mol. The molecule has 0 N–H and O–H groups in total. The zero-order valence-electron chi connectivity index (χ0n) is 8.10. The second-order valence-electron chi connectivity index (χ2n) is 3.32. The molecule has 1 rings (SSSR count). The molecular formula is C11H9F3N. The van der Waals surface area contributed by atoms with Gasteiger partial charge in [0.05, 0.1) is 17.2 Å².